The molecule has 1 aromatic carbocycles. The van der Waals surface area contributed by atoms with Gasteiger partial charge < -0.3 is 15.1 Å². The molecule has 0 saturated carbocycles. The first-order chi connectivity index (χ1) is 20.0. The monoisotopic (exact) mass is 558 g/mol. The molecular formula is C26H30N12O3. The van der Waals surface area contributed by atoms with E-state index in [1.165, 1.54) is 17.2 Å². The van der Waals surface area contributed by atoms with Crippen molar-refractivity contribution in [3.05, 3.63) is 54.6 Å². The Morgan fingerprint density at radius 3 is 2.59 bits per heavy atom. The summed E-state index contributed by atoms with van der Waals surface area (Å²) in [5.41, 5.74) is 0.840. The molecular weight excluding hydrogens is 528 g/mol. The van der Waals surface area contributed by atoms with E-state index in [4.69, 9.17) is 10.1 Å². The number of hydrogen-bond acceptors (Lipinski definition) is 9. The van der Waals surface area contributed by atoms with E-state index in [1.54, 1.807) is 14.5 Å². The molecule has 2 aliphatic heterocycles. The largest absolute Gasteiger partial charge is 0.345 e. The third kappa shape index (κ3) is 5.42. The summed E-state index contributed by atoms with van der Waals surface area (Å²) >= 11 is 0. The van der Waals surface area contributed by atoms with E-state index in [-0.39, 0.29) is 42.5 Å². The first kappa shape index (κ1) is 26.3. The number of H-pyrrole nitrogens is 1. The molecule has 15 heteroatoms. The van der Waals surface area contributed by atoms with Gasteiger partial charge in [0.1, 0.15) is 24.5 Å². The van der Waals surface area contributed by atoms with Gasteiger partial charge >= 0.3 is 0 Å². The van der Waals surface area contributed by atoms with Crippen molar-refractivity contribution in [2.24, 2.45) is 0 Å². The van der Waals surface area contributed by atoms with Gasteiger partial charge in [0.2, 0.25) is 17.6 Å². The molecule has 3 aromatic heterocycles. The number of rotatable bonds is 3. The lowest BCUT2D eigenvalue weighted by molar-refractivity contribution is -0.138. The zero-order valence-electron chi connectivity index (χ0n) is 22.5. The maximum Gasteiger partial charge on any atom is 0.291 e. The van der Waals surface area contributed by atoms with Crippen LogP contribution < -0.4 is 5.32 Å². The Kier molecular flexibility index (Phi) is 7.22. The van der Waals surface area contributed by atoms with Gasteiger partial charge in [-0.3, -0.25) is 24.0 Å². The molecule has 2 aliphatic rings. The van der Waals surface area contributed by atoms with Crippen LogP contribution in [0.25, 0.3) is 17.3 Å². The Morgan fingerprint density at radius 2 is 1.78 bits per heavy atom. The maximum atomic E-state index is 13.6. The maximum absolute atomic E-state index is 13.6. The first-order valence-corrected chi connectivity index (χ1v) is 13.6. The number of aromatic nitrogens is 9. The van der Waals surface area contributed by atoms with Crippen molar-refractivity contribution in [1.29, 1.82) is 0 Å². The summed E-state index contributed by atoms with van der Waals surface area (Å²) in [4.78, 5) is 52.3. The molecule has 212 valence electrons. The van der Waals surface area contributed by atoms with E-state index in [2.05, 4.69) is 30.7 Å². The van der Waals surface area contributed by atoms with E-state index < -0.39 is 12.1 Å². The molecule has 1 saturated heterocycles. The lowest BCUT2D eigenvalue weighted by atomic mass is 10.1. The van der Waals surface area contributed by atoms with E-state index in [0.29, 0.717) is 44.1 Å². The molecule has 0 bridgehead atoms. The minimum Gasteiger partial charge on any atom is -0.345 e. The number of fused-ring (bicyclic) bond motifs is 2. The number of carbonyl (C=O) groups excluding carboxylic acids is 3. The highest BCUT2D eigenvalue weighted by molar-refractivity contribution is 5.91. The van der Waals surface area contributed by atoms with Crippen LogP contribution in [0.2, 0.25) is 0 Å². The summed E-state index contributed by atoms with van der Waals surface area (Å²) < 4.78 is 3.23. The molecule has 0 radical (unpaired) electrons. The molecule has 5 heterocycles. The fourth-order valence-electron chi connectivity index (χ4n) is 5.27. The van der Waals surface area contributed by atoms with Crippen LogP contribution >= 0.6 is 0 Å². The van der Waals surface area contributed by atoms with Crippen LogP contribution in [0.4, 0.5) is 0 Å². The molecule has 2 atom stereocenters. The number of amides is 3. The minimum absolute atomic E-state index is 0.0603. The van der Waals surface area contributed by atoms with Crippen LogP contribution in [0.5, 0.6) is 0 Å². The van der Waals surface area contributed by atoms with Gasteiger partial charge in [-0.1, -0.05) is 30.3 Å². The molecule has 3 amide bonds. The van der Waals surface area contributed by atoms with Gasteiger partial charge in [0, 0.05) is 31.6 Å². The summed E-state index contributed by atoms with van der Waals surface area (Å²) in [7, 11) is 0. The number of benzene rings is 1. The average Bonchev–Trinajstić information content (AvgIpc) is 3.80. The molecule has 41 heavy (non-hydrogen) atoms. The second kappa shape index (κ2) is 11.3. The van der Waals surface area contributed by atoms with Crippen LogP contribution in [0.15, 0.2) is 43.0 Å². The zero-order chi connectivity index (χ0) is 28.3. The Labute approximate surface area is 235 Å². The second-order valence-corrected chi connectivity index (χ2v) is 10.1. The van der Waals surface area contributed by atoms with Crippen LogP contribution in [-0.2, 0) is 16.1 Å². The van der Waals surface area contributed by atoms with Gasteiger partial charge in [-0.25, -0.2) is 9.67 Å². The van der Waals surface area contributed by atoms with Crippen LogP contribution in [0, 0.1) is 0 Å². The average molecular weight is 559 g/mol. The topological polar surface area (TPSA) is 173 Å². The number of nitrogens with zero attached hydrogens (tertiary/aromatic N) is 10. The molecule has 0 aliphatic carbocycles. The Bertz CT molecular complexity index is 1530. The highest BCUT2D eigenvalue weighted by Crippen LogP contribution is 2.23. The fraction of sp³-hybridized carbons (Fsp3) is 0.423. The number of aromatic amines is 1. The Morgan fingerprint density at radius 1 is 0.976 bits per heavy atom. The van der Waals surface area contributed by atoms with Gasteiger partial charge in [0.15, 0.2) is 5.82 Å². The van der Waals surface area contributed by atoms with E-state index in [1.807, 2.05) is 37.3 Å². The van der Waals surface area contributed by atoms with Crippen molar-refractivity contribution in [1.82, 2.24) is 59.8 Å². The SMILES string of the molecule is C[C@@H]1NC(=O)[C@@H]2CCCN2C(=O)CCCN(C(=O)c2nc(-n3cnnc3)n[nH]2)CCn2nc(-c3ccccc3)nc21. The Hall–Kier alpha value is -4.95. The molecule has 0 spiro atoms. The molecule has 15 nitrogen and oxygen atoms in total. The van der Waals surface area contributed by atoms with E-state index in [0.717, 1.165) is 12.0 Å². The van der Waals surface area contributed by atoms with Gasteiger partial charge in [0.25, 0.3) is 11.9 Å². The quantitative estimate of drug-likeness (QED) is 0.368. The van der Waals surface area contributed by atoms with Crippen molar-refractivity contribution < 1.29 is 14.4 Å². The number of carbonyl (C=O) groups is 3. The lowest BCUT2D eigenvalue weighted by Gasteiger charge is -2.27. The molecule has 4 aromatic rings. The van der Waals surface area contributed by atoms with Crippen molar-refractivity contribution in [2.75, 3.05) is 19.6 Å². The zero-order valence-corrected chi connectivity index (χ0v) is 22.5. The van der Waals surface area contributed by atoms with Crippen molar-refractivity contribution >= 4 is 17.7 Å². The molecule has 0 unspecified atom stereocenters. The van der Waals surface area contributed by atoms with E-state index >= 15 is 0 Å². The van der Waals surface area contributed by atoms with Gasteiger partial charge in [-0.2, -0.15) is 10.1 Å². The van der Waals surface area contributed by atoms with Crippen molar-refractivity contribution in [3.63, 3.8) is 0 Å². The van der Waals surface area contributed by atoms with Gasteiger partial charge in [-0.15, -0.1) is 15.3 Å². The highest BCUT2D eigenvalue weighted by Gasteiger charge is 2.35. The van der Waals surface area contributed by atoms with Crippen molar-refractivity contribution in [2.45, 2.75) is 51.2 Å². The van der Waals surface area contributed by atoms with Crippen molar-refractivity contribution in [3.8, 4) is 17.3 Å². The predicted octanol–water partition coefficient (Wildman–Crippen LogP) is 0.748. The number of nitrogens with one attached hydrogen (secondary N) is 2. The third-order valence-electron chi connectivity index (χ3n) is 7.37. The van der Waals surface area contributed by atoms with Crippen LogP contribution in [0.3, 0.4) is 0 Å². The van der Waals surface area contributed by atoms with Gasteiger partial charge in [0.05, 0.1) is 12.6 Å². The Balaban J connectivity index is 1.31. The third-order valence-corrected chi connectivity index (χ3v) is 7.37. The van der Waals surface area contributed by atoms with Crippen LogP contribution in [0.1, 0.15) is 55.1 Å². The number of hydrogen-bond donors (Lipinski definition) is 2. The molecule has 1 fully saturated rings. The van der Waals surface area contributed by atoms with Crippen LogP contribution in [-0.4, -0.2) is 97.9 Å². The second-order valence-electron chi connectivity index (χ2n) is 10.1. The normalized spacial score (nSPS) is 20.3. The fourth-order valence-corrected chi connectivity index (χ4v) is 5.27. The smallest absolute Gasteiger partial charge is 0.291 e. The first-order valence-electron chi connectivity index (χ1n) is 13.6. The molecule has 2 N–H and O–H groups in total. The summed E-state index contributed by atoms with van der Waals surface area (Å²) in [5, 5.41) is 22.1. The summed E-state index contributed by atoms with van der Waals surface area (Å²) in [6, 6.07) is 8.58. The predicted molar refractivity (Wildman–Crippen MR) is 143 cm³/mol. The van der Waals surface area contributed by atoms with E-state index in [9.17, 15) is 14.4 Å². The standard InChI is InChI=1S/C26H30N12O3/c1-17-23-30-21(18-7-3-2-4-8-18)34-38(23)14-13-35(25(41)22-31-26(33-32-22)36-15-27-28-16-36)11-6-10-20(39)37-12-5-9-19(37)24(40)29-17/h2-4,7-8,15-17,19H,5-6,9-14H2,1H3,(H,29,40)(H,31,32,33)/t17-,19-/m0/s1. The highest BCUT2D eigenvalue weighted by atomic mass is 16.2. The van der Waals surface area contributed by atoms with Gasteiger partial charge in [-0.05, 0) is 26.2 Å². The molecule has 6 rings (SSSR count). The summed E-state index contributed by atoms with van der Waals surface area (Å²) in [6.07, 6.45) is 4.89. The lowest BCUT2D eigenvalue weighted by Crippen LogP contribution is -2.47. The minimum atomic E-state index is -0.527. The summed E-state index contributed by atoms with van der Waals surface area (Å²) in [6.45, 7) is 3.28. The summed E-state index contributed by atoms with van der Waals surface area (Å²) in [5.74, 6) is 0.742.